The van der Waals surface area contributed by atoms with E-state index in [4.69, 9.17) is 24.9 Å². The molecule has 1 amide bonds. The van der Waals surface area contributed by atoms with E-state index in [-0.39, 0.29) is 84.6 Å². The van der Waals surface area contributed by atoms with Crippen LogP contribution in [0.25, 0.3) is 11.0 Å². The van der Waals surface area contributed by atoms with E-state index in [1.54, 1.807) is 23.2 Å². The number of carbonyl (C=O) groups is 1. The number of pyridine rings is 1. The summed E-state index contributed by atoms with van der Waals surface area (Å²) >= 11 is 0. The minimum absolute atomic E-state index is 0.00314. The summed E-state index contributed by atoms with van der Waals surface area (Å²) < 4.78 is 78.6. The molecule has 4 atom stereocenters. The number of fused-ring (bicyclic) bond motifs is 4. The highest BCUT2D eigenvalue weighted by Crippen LogP contribution is 2.56. The molecule has 1 saturated carbocycles. The van der Waals surface area contributed by atoms with Crippen molar-refractivity contribution in [3.63, 3.8) is 0 Å². The highest BCUT2D eigenvalue weighted by Gasteiger charge is 2.51. The minimum atomic E-state index is -4.83. The van der Waals surface area contributed by atoms with E-state index in [1.165, 1.54) is 17.2 Å². The summed E-state index contributed by atoms with van der Waals surface area (Å²) in [7, 11) is -4.83. The van der Waals surface area contributed by atoms with Crippen LogP contribution in [0.15, 0.2) is 76.7 Å². The Morgan fingerprint density at radius 1 is 0.972 bits per heavy atom. The number of primary amides is 1. The van der Waals surface area contributed by atoms with E-state index in [0.29, 0.717) is 54.1 Å². The van der Waals surface area contributed by atoms with Crippen molar-refractivity contribution < 1.29 is 41.1 Å². The lowest BCUT2D eigenvalue weighted by molar-refractivity contribution is -0.384. The van der Waals surface area contributed by atoms with Crippen molar-refractivity contribution >= 4 is 55.2 Å². The van der Waals surface area contributed by atoms with Crippen LogP contribution in [0.1, 0.15) is 78.9 Å². The van der Waals surface area contributed by atoms with Gasteiger partial charge in [0.2, 0.25) is 15.7 Å². The number of amides is 1. The molecule has 71 heavy (non-hydrogen) atoms. The molecule has 5 fully saturated rings. The molecule has 0 unspecified atom stereocenters. The van der Waals surface area contributed by atoms with E-state index in [9.17, 15) is 23.7 Å². The van der Waals surface area contributed by atoms with Gasteiger partial charge in [-0.05, 0) is 92.8 Å². The Morgan fingerprint density at radius 3 is 2.52 bits per heavy atom. The molecule has 1 spiro atoms. The van der Waals surface area contributed by atoms with Crippen LogP contribution < -0.4 is 30.3 Å². The quantitative estimate of drug-likeness (QED) is 0.0917. The molecule has 6 aliphatic heterocycles. The standard InChI is InChI=1S/C51H57F2N9O8S/c1-30-5-2-3-6-35(30)37-7-4-16-60(37)33-24-50(25-33)11-19-59(20-12-50)38-9-8-36(47(54)63)45(61-40-21-31-10-15-55-48(31)57-49(40)70-43-29-68-28-41(43)61)46(38)71(66,67)34-22-39(62(64)65)44-42(23-34)69-27-32(56-44)26-58-17-13-51(52,53)14-18-58/h2-3,5-6,8-10,15,21-23,32-33,37,41,43,56H,4,7,11-14,16-20,24-29H2,1H3,(H2,54,63)(H,55,57)/t32-,37-,41+,43+/m0/s1. The number of hydrogen-bond acceptors (Lipinski definition) is 14. The number of halogens is 2. The predicted molar refractivity (Wildman–Crippen MR) is 261 cm³/mol. The summed E-state index contributed by atoms with van der Waals surface area (Å²) in [5, 5.41) is 16.9. The fourth-order valence-corrected chi connectivity index (χ4v) is 14.4. The molecular formula is C51H57F2N9O8S. The lowest BCUT2D eigenvalue weighted by Gasteiger charge is -2.56. The van der Waals surface area contributed by atoms with E-state index < -0.39 is 55.4 Å². The molecule has 8 heterocycles. The number of nitrogens with zero attached hydrogens (tertiary/aromatic N) is 6. The van der Waals surface area contributed by atoms with Gasteiger partial charge in [0.15, 0.2) is 11.4 Å². The second-order valence-electron chi connectivity index (χ2n) is 20.7. The number of aromatic nitrogens is 2. The van der Waals surface area contributed by atoms with Gasteiger partial charge in [-0.25, -0.2) is 17.2 Å². The summed E-state index contributed by atoms with van der Waals surface area (Å²) in [6.45, 7) is 5.21. The van der Waals surface area contributed by atoms with Crippen molar-refractivity contribution in [1.82, 2.24) is 19.8 Å². The number of H-pyrrole nitrogens is 1. The number of alkyl halides is 2. The van der Waals surface area contributed by atoms with Crippen molar-refractivity contribution in [3.05, 3.63) is 93.7 Å². The molecule has 3 aromatic carbocycles. The maximum absolute atomic E-state index is 16.0. The number of hydrogen-bond donors (Lipinski definition) is 3. The average Bonchev–Trinajstić information content (AvgIpc) is 4.14. The largest absolute Gasteiger partial charge is 0.489 e. The molecule has 374 valence electrons. The van der Waals surface area contributed by atoms with E-state index in [0.717, 1.165) is 51.1 Å². The smallest absolute Gasteiger partial charge is 0.297 e. The SMILES string of the molecule is Cc1ccccc1[C@@H]1CCCN1C1CC2(CCN(c3ccc(C(N)=O)c(N4c5cc6cc[nH]c6nc5O[C@@H]5COC[C@H]54)c3S(=O)(=O)c3cc4c(c([N+](=O)[O-])c3)N[C@@H](CN3CCC(F)(F)CC3)CO4)CC2)C1. The number of aromatic amines is 1. The van der Waals surface area contributed by atoms with Crippen LogP contribution >= 0.6 is 0 Å². The first kappa shape index (κ1) is 46.0. The van der Waals surface area contributed by atoms with E-state index in [2.05, 4.69) is 51.3 Å². The first-order chi connectivity index (χ1) is 34.1. The lowest BCUT2D eigenvalue weighted by Crippen LogP contribution is -2.55. The molecule has 0 radical (unpaired) electrons. The molecule has 4 N–H and O–H groups in total. The number of benzene rings is 3. The fourth-order valence-electron chi connectivity index (χ4n) is 12.7. The van der Waals surface area contributed by atoms with Gasteiger partial charge in [0.25, 0.3) is 17.5 Å². The van der Waals surface area contributed by atoms with Gasteiger partial charge in [-0.15, -0.1) is 0 Å². The topological polar surface area (TPSA) is 202 Å². The number of ether oxygens (including phenoxy) is 3. The highest BCUT2D eigenvalue weighted by molar-refractivity contribution is 7.91. The number of sulfone groups is 1. The summed E-state index contributed by atoms with van der Waals surface area (Å²) in [4.78, 5) is 41.8. The first-order valence-electron chi connectivity index (χ1n) is 24.8. The number of nitrogens with one attached hydrogen (secondary N) is 2. The molecular weight excluding hydrogens is 937 g/mol. The molecule has 4 saturated heterocycles. The fraction of sp³-hybridized carbons (Fsp3) is 0.490. The number of anilines is 4. The number of nitro groups is 1. The number of piperidine rings is 2. The molecule has 7 aliphatic rings. The van der Waals surface area contributed by atoms with Crippen molar-refractivity contribution in [2.24, 2.45) is 11.1 Å². The maximum Gasteiger partial charge on any atom is 0.297 e. The molecule has 20 heteroatoms. The average molecular weight is 994 g/mol. The van der Waals surface area contributed by atoms with Crippen molar-refractivity contribution in [3.8, 4) is 11.6 Å². The van der Waals surface area contributed by atoms with Gasteiger partial charge in [0.1, 0.15) is 28.9 Å². The molecule has 2 aromatic heterocycles. The van der Waals surface area contributed by atoms with Crippen LogP contribution in [0.3, 0.4) is 0 Å². The number of carbonyl (C=O) groups excluding carboxylic acids is 1. The normalized spacial score (nSPS) is 25.2. The van der Waals surface area contributed by atoms with Crippen molar-refractivity contribution in [2.75, 3.05) is 74.2 Å². The molecule has 5 aromatic rings. The zero-order valence-corrected chi connectivity index (χ0v) is 40.3. The molecule has 1 aliphatic carbocycles. The minimum Gasteiger partial charge on any atom is -0.489 e. The van der Waals surface area contributed by atoms with Crippen LogP contribution in [-0.2, 0) is 14.6 Å². The van der Waals surface area contributed by atoms with Crippen LogP contribution in [-0.4, -0.2) is 128 Å². The van der Waals surface area contributed by atoms with Crippen LogP contribution in [0.4, 0.5) is 37.2 Å². The van der Waals surface area contributed by atoms with Gasteiger partial charge < -0.3 is 44.9 Å². The Morgan fingerprint density at radius 2 is 1.76 bits per heavy atom. The van der Waals surface area contributed by atoms with Gasteiger partial charge >= 0.3 is 0 Å². The Hall–Kier alpha value is -6.09. The van der Waals surface area contributed by atoms with Crippen molar-refractivity contribution in [2.45, 2.75) is 104 Å². The monoisotopic (exact) mass is 993 g/mol. The van der Waals surface area contributed by atoms with Gasteiger partial charge in [0.05, 0.1) is 52.1 Å². The Balaban J connectivity index is 0.932. The van der Waals surface area contributed by atoms with Crippen LogP contribution in [0.5, 0.6) is 11.6 Å². The Kier molecular flexibility index (Phi) is 11.2. The number of rotatable bonds is 10. The van der Waals surface area contributed by atoms with Gasteiger partial charge in [-0.2, -0.15) is 4.98 Å². The molecule has 12 rings (SSSR count). The summed E-state index contributed by atoms with van der Waals surface area (Å²) in [5.41, 5.74) is 9.70. The van der Waals surface area contributed by atoms with Gasteiger partial charge in [-0.3, -0.25) is 19.8 Å². The third kappa shape index (κ3) is 8.01. The second kappa shape index (κ2) is 17.3. The van der Waals surface area contributed by atoms with Crippen molar-refractivity contribution in [1.29, 1.82) is 0 Å². The number of aryl methyl sites for hydroxylation is 1. The van der Waals surface area contributed by atoms with E-state index >= 15 is 8.42 Å². The Labute approximate surface area is 409 Å². The number of likely N-dealkylation sites (tertiary alicyclic amines) is 2. The zero-order chi connectivity index (χ0) is 49.0. The summed E-state index contributed by atoms with van der Waals surface area (Å²) in [6, 6.07) is 17.6. The third-order valence-electron chi connectivity index (χ3n) is 16.5. The van der Waals surface area contributed by atoms with Crippen LogP contribution in [0.2, 0.25) is 0 Å². The lowest BCUT2D eigenvalue weighted by atomic mass is 9.59. The van der Waals surface area contributed by atoms with Gasteiger partial charge in [0, 0.05) is 81.4 Å². The van der Waals surface area contributed by atoms with E-state index in [1.807, 2.05) is 17.0 Å². The number of nitro benzene ring substituents is 1. The third-order valence-corrected chi connectivity index (χ3v) is 18.2. The highest BCUT2D eigenvalue weighted by atomic mass is 32.2. The predicted octanol–water partition coefficient (Wildman–Crippen LogP) is 7.50. The second-order valence-corrected chi connectivity index (χ2v) is 22.6. The zero-order valence-electron chi connectivity index (χ0n) is 39.4. The number of nitrogens with two attached hydrogens (primary N) is 1. The summed E-state index contributed by atoms with van der Waals surface area (Å²) in [6.07, 6.45) is 6.59. The molecule has 17 nitrogen and oxygen atoms in total. The van der Waals surface area contributed by atoms with Crippen LogP contribution in [0, 0.1) is 22.5 Å². The first-order valence-corrected chi connectivity index (χ1v) is 26.3. The molecule has 0 bridgehead atoms. The Bertz CT molecular complexity index is 3060. The maximum atomic E-state index is 16.0. The summed E-state index contributed by atoms with van der Waals surface area (Å²) in [5.74, 6) is -3.46. The van der Waals surface area contributed by atoms with Gasteiger partial charge in [-0.1, -0.05) is 24.3 Å².